The van der Waals surface area contributed by atoms with E-state index in [0.29, 0.717) is 16.7 Å². The van der Waals surface area contributed by atoms with Gasteiger partial charge in [0, 0.05) is 29.3 Å². The summed E-state index contributed by atoms with van der Waals surface area (Å²) in [6.07, 6.45) is 1.46. The van der Waals surface area contributed by atoms with Gasteiger partial charge in [-0.3, -0.25) is 14.9 Å². The Balaban J connectivity index is 1.84. The van der Waals surface area contributed by atoms with Crippen LogP contribution in [0.4, 0.5) is 5.69 Å². The molecule has 0 bridgehead atoms. The lowest BCUT2D eigenvalue weighted by Gasteiger charge is -2.17. The number of nitrogens with zero attached hydrogens (tertiary/aromatic N) is 1. The van der Waals surface area contributed by atoms with E-state index in [2.05, 4.69) is 0 Å². The van der Waals surface area contributed by atoms with Crippen molar-refractivity contribution in [3.8, 4) is 0 Å². The molecule has 3 rings (SSSR count). The maximum absolute atomic E-state index is 13.1. The average molecular weight is 415 g/mol. The van der Waals surface area contributed by atoms with Gasteiger partial charge >= 0.3 is 5.97 Å². The van der Waals surface area contributed by atoms with E-state index in [-0.39, 0.29) is 11.5 Å². The van der Waals surface area contributed by atoms with E-state index in [9.17, 15) is 19.7 Å². The van der Waals surface area contributed by atoms with E-state index >= 15 is 0 Å². The van der Waals surface area contributed by atoms with Gasteiger partial charge in [-0.2, -0.15) is 0 Å². The molecular formula is C25H21NO5. The molecule has 0 saturated carbocycles. The van der Waals surface area contributed by atoms with Crippen LogP contribution < -0.4 is 0 Å². The van der Waals surface area contributed by atoms with Gasteiger partial charge in [0.1, 0.15) is 0 Å². The topological polar surface area (TPSA) is 86.5 Å². The van der Waals surface area contributed by atoms with Crippen LogP contribution in [-0.2, 0) is 9.53 Å². The Morgan fingerprint density at radius 1 is 0.935 bits per heavy atom. The molecule has 156 valence electrons. The van der Waals surface area contributed by atoms with E-state index in [1.165, 1.54) is 24.3 Å². The lowest BCUT2D eigenvalue weighted by atomic mass is 9.98. The van der Waals surface area contributed by atoms with Gasteiger partial charge < -0.3 is 4.74 Å². The van der Waals surface area contributed by atoms with Crippen LogP contribution in [0.25, 0.3) is 6.08 Å². The zero-order chi connectivity index (χ0) is 22.4. The predicted molar refractivity (Wildman–Crippen MR) is 118 cm³/mol. The molecule has 0 N–H and O–H groups in total. The highest BCUT2D eigenvalue weighted by atomic mass is 16.6. The molecule has 0 amide bonds. The van der Waals surface area contributed by atoms with Crippen LogP contribution in [0.2, 0.25) is 0 Å². The third-order valence-electron chi connectivity index (χ3n) is 4.68. The lowest BCUT2D eigenvalue weighted by Crippen LogP contribution is -2.19. The number of nitro benzene ring substituents is 1. The summed E-state index contributed by atoms with van der Waals surface area (Å²) in [5.74, 6) is -1.06. The number of benzene rings is 3. The lowest BCUT2D eigenvalue weighted by molar-refractivity contribution is -0.384. The van der Waals surface area contributed by atoms with Gasteiger partial charge in [0.2, 0.25) is 5.78 Å². The summed E-state index contributed by atoms with van der Waals surface area (Å²) in [4.78, 5) is 36.0. The van der Waals surface area contributed by atoms with E-state index in [0.717, 1.165) is 17.2 Å². The number of ether oxygens (including phenoxy) is 1. The molecule has 3 aromatic carbocycles. The fourth-order valence-corrected chi connectivity index (χ4v) is 2.95. The van der Waals surface area contributed by atoms with Crippen molar-refractivity contribution in [3.63, 3.8) is 0 Å². The smallest absolute Gasteiger partial charge is 0.331 e. The number of Topliss-reactive ketones (excluding diaryl/α,β-unsaturated/α-hetero) is 1. The maximum Gasteiger partial charge on any atom is 0.331 e. The van der Waals surface area contributed by atoms with Crippen LogP contribution in [0.5, 0.6) is 0 Å². The van der Waals surface area contributed by atoms with Crippen molar-refractivity contribution in [2.24, 2.45) is 0 Å². The molecule has 3 aromatic rings. The van der Waals surface area contributed by atoms with Crippen molar-refractivity contribution in [2.75, 3.05) is 0 Å². The fraction of sp³-hybridized carbons (Fsp3) is 0.120. The Labute approximate surface area is 180 Å². The summed E-state index contributed by atoms with van der Waals surface area (Å²) < 4.78 is 5.51. The molecule has 0 fully saturated rings. The Hall–Kier alpha value is -4.06. The van der Waals surface area contributed by atoms with Crippen molar-refractivity contribution in [3.05, 3.63) is 117 Å². The van der Waals surface area contributed by atoms with Gasteiger partial charge in [-0.15, -0.1) is 0 Å². The molecule has 0 aromatic heterocycles. The van der Waals surface area contributed by atoms with Gasteiger partial charge in [-0.1, -0.05) is 71.8 Å². The monoisotopic (exact) mass is 415 g/mol. The molecule has 0 unspecified atom stereocenters. The fourth-order valence-electron chi connectivity index (χ4n) is 2.95. The van der Waals surface area contributed by atoms with Crippen LogP contribution in [-0.4, -0.2) is 16.7 Å². The first-order valence-corrected chi connectivity index (χ1v) is 9.64. The third kappa shape index (κ3) is 5.73. The van der Waals surface area contributed by atoms with E-state index in [4.69, 9.17) is 4.74 Å². The minimum Gasteiger partial charge on any atom is -0.446 e. The van der Waals surface area contributed by atoms with Gasteiger partial charge in [0.05, 0.1) is 4.92 Å². The molecule has 31 heavy (non-hydrogen) atoms. The summed E-state index contributed by atoms with van der Waals surface area (Å²) in [5, 5.41) is 10.9. The largest absolute Gasteiger partial charge is 0.446 e. The van der Waals surface area contributed by atoms with Crippen LogP contribution in [0.3, 0.4) is 0 Å². The van der Waals surface area contributed by atoms with Crippen molar-refractivity contribution >= 4 is 23.5 Å². The standard InChI is InChI=1S/C25H21NO5/c1-17-6-11-20(12-7-17)24(28)25(21-13-8-18(2)9-14-21)31-23(27)15-10-19-4-3-5-22(16-19)26(29)30/h3-16,25H,1-2H3/b15-10+/t25-/m0/s1. The number of hydrogen-bond donors (Lipinski definition) is 0. The first-order chi connectivity index (χ1) is 14.8. The number of nitro groups is 1. The zero-order valence-electron chi connectivity index (χ0n) is 17.1. The highest BCUT2D eigenvalue weighted by molar-refractivity contribution is 6.01. The summed E-state index contributed by atoms with van der Waals surface area (Å²) in [6.45, 7) is 3.85. The molecule has 6 heteroatoms. The van der Waals surface area contributed by atoms with Gasteiger partial charge in [-0.25, -0.2) is 4.79 Å². The van der Waals surface area contributed by atoms with Gasteiger partial charge in [0.15, 0.2) is 6.10 Å². The molecule has 0 heterocycles. The van der Waals surface area contributed by atoms with Crippen molar-refractivity contribution in [2.45, 2.75) is 20.0 Å². The van der Waals surface area contributed by atoms with Crippen LogP contribution in [0.15, 0.2) is 78.9 Å². The molecule has 0 saturated heterocycles. The van der Waals surface area contributed by atoms with Crippen LogP contribution in [0.1, 0.15) is 38.7 Å². The van der Waals surface area contributed by atoms with Crippen molar-refractivity contribution < 1.29 is 19.2 Å². The first kappa shape index (κ1) is 21.6. The molecule has 0 aliphatic rings. The predicted octanol–water partition coefficient (Wildman–Crippen LogP) is 5.39. The summed E-state index contributed by atoms with van der Waals surface area (Å²) in [5.41, 5.74) is 3.42. The number of rotatable bonds is 7. The van der Waals surface area contributed by atoms with E-state index < -0.39 is 17.0 Å². The summed E-state index contributed by atoms with van der Waals surface area (Å²) in [7, 11) is 0. The highest BCUT2D eigenvalue weighted by Gasteiger charge is 2.25. The molecule has 1 atom stereocenters. The molecular weight excluding hydrogens is 394 g/mol. The number of esters is 1. The minimum absolute atomic E-state index is 0.0809. The van der Waals surface area contributed by atoms with Gasteiger partial charge in [0.25, 0.3) is 5.69 Å². The van der Waals surface area contributed by atoms with E-state index in [1.54, 1.807) is 30.3 Å². The number of ketones is 1. The second-order valence-electron chi connectivity index (χ2n) is 7.14. The quantitative estimate of drug-likeness (QED) is 0.170. The molecule has 0 aliphatic heterocycles. The van der Waals surface area contributed by atoms with Crippen molar-refractivity contribution in [1.82, 2.24) is 0 Å². The van der Waals surface area contributed by atoms with E-state index in [1.807, 2.05) is 38.1 Å². The SMILES string of the molecule is Cc1ccc(C(=O)[C@@H](OC(=O)/C=C/c2cccc([N+](=O)[O-])c2)c2ccc(C)cc2)cc1. The van der Waals surface area contributed by atoms with Gasteiger partial charge in [-0.05, 0) is 25.5 Å². The molecule has 0 spiro atoms. The van der Waals surface area contributed by atoms with Crippen LogP contribution >= 0.6 is 0 Å². The second-order valence-corrected chi connectivity index (χ2v) is 7.14. The molecule has 0 radical (unpaired) electrons. The Morgan fingerprint density at radius 2 is 1.55 bits per heavy atom. The number of hydrogen-bond acceptors (Lipinski definition) is 5. The third-order valence-corrected chi connectivity index (χ3v) is 4.68. The first-order valence-electron chi connectivity index (χ1n) is 9.64. The Bertz CT molecular complexity index is 1130. The zero-order valence-corrected chi connectivity index (χ0v) is 17.1. The summed E-state index contributed by atoms with van der Waals surface area (Å²) >= 11 is 0. The maximum atomic E-state index is 13.1. The van der Waals surface area contributed by atoms with Crippen molar-refractivity contribution in [1.29, 1.82) is 0 Å². The normalized spacial score (nSPS) is 11.8. The Morgan fingerprint density at radius 3 is 2.16 bits per heavy atom. The summed E-state index contributed by atoms with van der Waals surface area (Å²) in [6, 6.07) is 20.1. The number of carbonyl (C=O) groups excluding carboxylic acids is 2. The number of aryl methyl sites for hydroxylation is 2. The van der Waals surface area contributed by atoms with Crippen LogP contribution in [0, 0.1) is 24.0 Å². The Kier molecular flexibility index (Phi) is 6.72. The minimum atomic E-state index is -1.11. The highest BCUT2D eigenvalue weighted by Crippen LogP contribution is 2.24. The average Bonchev–Trinajstić information content (AvgIpc) is 2.77. The molecule has 6 nitrogen and oxygen atoms in total. The number of non-ortho nitro benzene ring substituents is 1. The molecule has 0 aliphatic carbocycles. The second kappa shape index (κ2) is 9.63. The number of carbonyl (C=O) groups is 2.